The van der Waals surface area contributed by atoms with Crippen LogP contribution in [0.2, 0.25) is 0 Å². The Morgan fingerprint density at radius 2 is 1.88 bits per heavy atom. The Hall–Kier alpha value is -1.35. The molecule has 16 heavy (non-hydrogen) atoms. The minimum absolute atomic E-state index is 0.840. The van der Waals surface area contributed by atoms with Crippen molar-refractivity contribution in [2.45, 2.75) is 6.92 Å². The Bertz CT molecular complexity index is 382. The molecule has 0 atom stereocenters. The maximum absolute atomic E-state index is 11.1. The fourth-order valence-electron chi connectivity index (χ4n) is 2.14. The monoisotopic (exact) mass is 218 g/mol. The van der Waals surface area contributed by atoms with E-state index in [0.29, 0.717) is 0 Å². The van der Waals surface area contributed by atoms with Crippen LogP contribution >= 0.6 is 0 Å². The summed E-state index contributed by atoms with van der Waals surface area (Å²) in [7, 11) is 2.13. The second-order valence-electron chi connectivity index (χ2n) is 4.42. The number of carbonyl (C=O) groups excluding carboxylic acids is 1. The molecule has 0 N–H and O–H groups in total. The smallest absolute Gasteiger partial charge is 0.152 e. The normalized spacial score (nSPS) is 17.5. The molecule has 3 heteroatoms. The fourth-order valence-corrected chi connectivity index (χ4v) is 2.14. The number of aldehydes is 1. The van der Waals surface area contributed by atoms with Gasteiger partial charge in [-0.25, -0.2) is 0 Å². The van der Waals surface area contributed by atoms with Crippen LogP contribution in [0.5, 0.6) is 0 Å². The molecule has 0 saturated carbocycles. The fraction of sp³-hybridized carbons (Fsp3) is 0.462. The molecule has 1 heterocycles. The third-order valence-corrected chi connectivity index (χ3v) is 3.26. The van der Waals surface area contributed by atoms with Crippen molar-refractivity contribution < 1.29 is 4.79 Å². The van der Waals surface area contributed by atoms with Gasteiger partial charge < -0.3 is 9.80 Å². The number of benzene rings is 1. The molecule has 3 nitrogen and oxygen atoms in total. The van der Waals surface area contributed by atoms with E-state index in [1.807, 2.05) is 25.1 Å². The minimum atomic E-state index is 0.840. The summed E-state index contributed by atoms with van der Waals surface area (Å²) in [5, 5.41) is 0. The Balaban J connectivity index is 2.26. The molecule has 1 fully saturated rings. The molecule has 1 aromatic rings. The van der Waals surface area contributed by atoms with E-state index < -0.39 is 0 Å². The quantitative estimate of drug-likeness (QED) is 0.704. The summed E-state index contributed by atoms with van der Waals surface area (Å²) in [6, 6.07) is 6.06. The van der Waals surface area contributed by atoms with Crippen molar-refractivity contribution in [1.82, 2.24) is 4.90 Å². The van der Waals surface area contributed by atoms with E-state index in [1.54, 1.807) is 0 Å². The van der Waals surface area contributed by atoms with Gasteiger partial charge in [0.05, 0.1) is 0 Å². The number of hydrogen-bond acceptors (Lipinski definition) is 3. The number of aryl methyl sites for hydroxylation is 1. The first-order valence-corrected chi connectivity index (χ1v) is 5.70. The lowest BCUT2D eigenvalue weighted by molar-refractivity contribution is 0.112. The van der Waals surface area contributed by atoms with Crippen LogP contribution in [0.4, 0.5) is 5.69 Å². The van der Waals surface area contributed by atoms with Crippen LogP contribution in [-0.4, -0.2) is 44.4 Å². The first-order chi connectivity index (χ1) is 7.72. The van der Waals surface area contributed by atoms with E-state index in [9.17, 15) is 4.79 Å². The molecule has 86 valence electrons. The van der Waals surface area contributed by atoms with Crippen LogP contribution in [-0.2, 0) is 0 Å². The summed E-state index contributed by atoms with van der Waals surface area (Å²) < 4.78 is 0. The van der Waals surface area contributed by atoms with E-state index in [-0.39, 0.29) is 0 Å². The van der Waals surface area contributed by atoms with Gasteiger partial charge in [0.1, 0.15) is 0 Å². The molecule has 0 spiro atoms. The van der Waals surface area contributed by atoms with Crippen LogP contribution in [0.1, 0.15) is 15.9 Å². The Morgan fingerprint density at radius 3 is 2.50 bits per heavy atom. The Morgan fingerprint density at radius 1 is 1.19 bits per heavy atom. The van der Waals surface area contributed by atoms with Gasteiger partial charge in [-0.3, -0.25) is 4.79 Å². The lowest BCUT2D eigenvalue weighted by Crippen LogP contribution is -2.44. The van der Waals surface area contributed by atoms with Crippen molar-refractivity contribution in [3.8, 4) is 0 Å². The molecule has 1 aliphatic rings. The molecule has 0 aliphatic carbocycles. The third-order valence-electron chi connectivity index (χ3n) is 3.26. The van der Waals surface area contributed by atoms with Crippen LogP contribution in [0.15, 0.2) is 18.2 Å². The zero-order chi connectivity index (χ0) is 11.5. The molecule has 2 rings (SSSR count). The highest BCUT2D eigenvalue weighted by molar-refractivity contribution is 5.86. The summed E-state index contributed by atoms with van der Waals surface area (Å²) in [6.45, 7) is 6.11. The molecule has 0 radical (unpaired) electrons. The number of anilines is 1. The number of rotatable bonds is 2. The van der Waals surface area contributed by atoms with Crippen molar-refractivity contribution in [3.05, 3.63) is 29.3 Å². The Labute approximate surface area is 96.7 Å². The average Bonchev–Trinajstić information content (AvgIpc) is 2.30. The van der Waals surface area contributed by atoms with Gasteiger partial charge in [-0.15, -0.1) is 0 Å². The van der Waals surface area contributed by atoms with Gasteiger partial charge >= 0.3 is 0 Å². The summed E-state index contributed by atoms with van der Waals surface area (Å²) in [6.07, 6.45) is 0.975. The number of piperazine rings is 1. The minimum Gasteiger partial charge on any atom is -0.368 e. The highest BCUT2D eigenvalue weighted by atomic mass is 16.1. The topological polar surface area (TPSA) is 23.6 Å². The molecule has 0 unspecified atom stereocenters. The number of hydrogen-bond donors (Lipinski definition) is 0. The first kappa shape index (κ1) is 11.1. The van der Waals surface area contributed by atoms with Crippen molar-refractivity contribution in [2.24, 2.45) is 0 Å². The second-order valence-corrected chi connectivity index (χ2v) is 4.42. The van der Waals surface area contributed by atoms with Crippen molar-refractivity contribution in [1.29, 1.82) is 0 Å². The zero-order valence-electron chi connectivity index (χ0n) is 9.94. The van der Waals surface area contributed by atoms with Gasteiger partial charge in [-0.2, -0.15) is 0 Å². The molecule has 0 aromatic heterocycles. The molecular formula is C13H18N2O. The lowest BCUT2D eigenvalue weighted by atomic mass is 10.1. The van der Waals surface area contributed by atoms with Crippen LogP contribution < -0.4 is 4.90 Å². The summed E-state index contributed by atoms with van der Waals surface area (Å²) in [5.41, 5.74) is 2.99. The maximum Gasteiger partial charge on any atom is 0.152 e. The standard InChI is InChI=1S/C13H18N2O/c1-11-4-3-5-13(12(11)10-16)15-8-6-14(2)7-9-15/h3-5,10H,6-9H2,1-2H3. The number of likely N-dealkylation sites (N-methyl/N-ethyl adjacent to an activating group) is 1. The Kier molecular flexibility index (Phi) is 3.25. The number of nitrogens with zero attached hydrogens (tertiary/aromatic N) is 2. The summed E-state index contributed by atoms with van der Waals surface area (Å²) >= 11 is 0. The van der Waals surface area contributed by atoms with Gasteiger partial charge in [-0.05, 0) is 25.6 Å². The molecule has 0 bridgehead atoms. The summed E-state index contributed by atoms with van der Waals surface area (Å²) in [5.74, 6) is 0. The van der Waals surface area contributed by atoms with Crippen molar-refractivity contribution >= 4 is 12.0 Å². The highest BCUT2D eigenvalue weighted by Gasteiger charge is 2.17. The predicted octanol–water partition coefficient (Wildman–Crippen LogP) is 1.56. The SMILES string of the molecule is Cc1cccc(N2CCN(C)CC2)c1C=O. The summed E-state index contributed by atoms with van der Waals surface area (Å²) in [4.78, 5) is 15.7. The van der Waals surface area contributed by atoms with E-state index in [2.05, 4.69) is 16.8 Å². The lowest BCUT2D eigenvalue weighted by Gasteiger charge is -2.34. The molecule has 1 aromatic carbocycles. The van der Waals surface area contributed by atoms with Gasteiger partial charge in [-0.1, -0.05) is 12.1 Å². The van der Waals surface area contributed by atoms with Crippen LogP contribution in [0, 0.1) is 6.92 Å². The number of carbonyl (C=O) groups is 1. The van der Waals surface area contributed by atoms with E-state index >= 15 is 0 Å². The molecule has 0 amide bonds. The molecule has 1 aliphatic heterocycles. The van der Waals surface area contributed by atoms with Crippen molar-refractivity contribution in [2.75, 3.05) is 38.1 Å². The van der Waals surface area contributed by atoms with Crippen molar-refractivity contribution in [3.63, 3.8) is 0 Å². The van der Waals surface area contributed by atoms with E-state index in [0.717, 1.165) is 49.3 Å². The van der Waals surface area contributed by atoms with Gasteiger partial charge in [0.25, 0.3) is 0 Å². The van der Waals surface area contributed by atoms with Gasteiger partial charge in [0, 0.05) is 37.4 Å². The van der Waals surface area contributed by atoms with E-state index in [1.165, 1.54) is 0 Å². The highest BCUT2D eigenvalue weighted by Crippen LogP contribution is 2.22. The largest absolute Gasteiger partial charge is 0.368 e. The average molecular weight is 218 g/mol. The first-order valence-electron chi connectivity index (χ1n) is 5.70. The van der Waals surface area contributed by atoms with Crippen LogP contribution in [0.3, 0.4) is 0 Å². The van der Waals surface area contributed by atoms with E-state index in [4.69, 9.17) is 0 Å². The van der Waals surface area contributed by atoms with Gasteiger partial charge in [0.15, 0.2) is 6.29 Å². The van der Waals surface area contributed by atoms with Gasteiger partial charge in [0.2, 0.25) is 0 Å². The predicted molar refractivity (Wildman–Crippen MR) is 66.3 cm³/mol. The van der Waals surface area contributed by atoms with Crippen LogP contribution in [0.25, 0.3) is 0 Å². The molecular weight excluding hydrogens is 200 g/mol. The maximum atomic E-state index is 11.1. The molecule has 1 saturated heterocycles. The second kappa shape index (κ2) is 4.66. The zero-order valence-corrected chi connectivity index (χ0v) is 9.94. The third kappa shape index (κ3) is 2.09.